The van der Waals surface area contributed by atoms with Gasteiger partial charge in [-0.2, -0.15) is 0 Å². The first-order valence-corrected chi connectivity index (χ1v) is 7.52. The van der Waals surface area contributed by atoms with Crippen LogP contribution in [0.5, 0.6) is 0 Å². The summed E-state index contributed by atoms with van der Waals surface area (Å²) in [6, 6.07) is 16.0. The molecule has 2 aromatic carbocycles. The average molecular weight is 308 g/mol. The molecule has 3 aromatic rings. The number of hydrogen-bond donors (Lipinski definition) is 1. The van der Waals surface area contributed by atoms with Gasteiger partial charge in [0.1, 0.15) is 16.9 Å². The largest absolute Gasteiger partial charge is 0.478 e. The van der Waals surface area contributed by atoms with Crippen molar-refractivity contribution in [2.75, 3.05) is 13.2 Å². The Kier molecular flexibility index (Phi) is 3.03. The minimum absolute atomic E-state index is 0.212. The highest BCUT2D eigenvalue weighted by Crippen LogP contribution is 2.41. The fraction of sp³-hybridized carbons (Fsp3) is 0.211. The first-order chi connectivity index (χ1) is 11.1. The lowest BCUT2D eigenvalue weighted by Crippen LogP contribution is -2.47. The van der Waals surface area contributed by atoms with Crippen LogP contribution in [0.25, 0.3) is 11.0 Å². The number of aryl methyl sites for hydroxylation is 1. The molecule has 0 unspecified atom stereocenters. The summed E-state index contributed by atoms with van der Waals surface area (Å²) in [6.07, 6.45) is 0. The summed E-state index contributed by atoms with van der Waals surface area (Å²) < 4.78 is 11.1. The molecule has 4 heteroatoms. The van der Waals surface area contributed by atoms with E-state index in [0.29, 0.717) is 29.9 Å². The van der Waals surface area contributed by atoms with Crippen LogP contribution in [0.4, 0.5) is 0 Å². The van der Waals surface area contributed by atoms with Crippen LogP contribution in [0.1, 0.15) is 27.2 Å². The molecule has 0 radical (unpaired) electrons. The SMILES string of the molecule is Cc1oc2ccc(C3(c4ccccc4)COC3)cc2c1C(=O)O. The van der Waals surface area contributed by atoms with E-state index in [9.17, 15) is 9.90 Å². The van der Waals surface area contributed by atoms with Crippen molar-refractivity contribution in [1.82, 2.24) is 0 Å². The van der Waals surface area contributed by atoms with E-state index in [1.54, 1.807) is 6.92 Å². The summed E-state index contributed by atoms with van der Waals surface area (Å²) >= 11 is 0. The second-order valence-electron chi connectivity index (χ2n) is 5.99. The third-order valence-electron chi connectivity index (χ3n) is 4.65. The van der Waals surface area contributed by atoms with E-state index >= 15 is 0 Å². The zero-order chi connectivity index (χ0) is 16.0. The van der Waals surface area contributed by atoms with E-state index in [2.05, 4.69) is 12.1 Å². The fourth-order valence-electron chi connectivity index (χ4n) is 3.35. The predicted octanol–water partition coefficient (Wildman–Crippen LogP) is 3.76. The number of ether oxygens (including phenoxy) is 1. The number of carbonyl (C=O) groups is 1. The van der Waals surface area contributed by atoms with E-state index in [4.69, 9.17) is 9.15 Å². The van der Waals surface area contributed by atoms with Gasteiger partial charge in [0, 0.05) is 5.39 Å². The number of fused-ring (bicyclic) bond motifs is 1. The highest BCUT2D eigenvalue weighted by Gasteiger charge is 2.42. The van der Waals surface area contributed by atoms with E-state index < -0.39 is 5.97 Å². The molecule has 0 spiro atoms. The first-order valence-electron chi connectivity index (χ1n) is 7.52. The minimum atomic E-state index is -0.961. The van der Waals surface area contributed by atoms with Crippen LogP contribution in [-0.4, -0.2) is 24.3 Å². The Hall–Kier alpha value is -2.59. The molecule has 4 nitrogen and oxygen atoms in total. The zero-order valence-corrected chi connectivity index (χ0v) is 12.7. The molecule has 2 heterocycles. The van der Waals surface area contributed by atoms with Crippen molar-refractivity contribution < 1.29 is 19.1 Å². The molecule has 1 saturated heterocycles. The Labute approximate surface area is 133 Å². The van der Waals surface area contributed by atoms with Crippen molar-refractivity contribution >= 4 is 16.9 Å². The van der Waals surface area contributed by atoms with Crippen LogP contribution in [0.2, 0.25) is 0 Å². The Bertz CT molecular complexity index is 888. The maximum absolute atomic E-state index is 11.5. The number of furan rings is 1. The molecule has 1 aliphatic rings. The fourth-order valence-corrected chi connectivity index (χ4v) is 3.35. The maximum Gasteiger partial charge on any atom is 0.339 e. The third-order valence-corrected chi connectivity index (χ3v) is 4.65. The molecule has 0 aliphatic carbocycles. The van der Waals surface area contributed by atoms with Gasteiger partial charge in [-0.25, -0.2) is 4.79 Å². The number of benzene rings is 2. The molecular formula is C19H16O4. The molecular weight excluding hydrogens is 292 g/mol. The van der Waals surface area contributed by atoms with Crippen molar-refractivity contribution in [2.24, 2.45) is 0 Å². The molecule has 0 atom stereocenters. The van der Waals surface area contributed by atoms with Crippen LogP contribution < -0.4 is 0 Å². The zero-order valence-electron chi connectivity index (χ0n) is 12.7. The van der Waals surface area contributed by atoms with E-state index in [1.165, 1.54) is 5.56 Å². The van der Waals surface area contributed by atoms with Gasteiger partial charge in [0.15, 0.2) is 0 Å². The van der Waals surface area contributed by atoms with Gasteiger partial charge < -0.3 is 14.3 Å². The highest BCUT2D eigenvalue weighted by atomic mass is 16.5. The van der Waals surface area contributed by atoms with Crippen LogP contribution in [0.3, 0.4) is 0 Å². The van der Waals surface area contributed by atoms with Crippen LogP contribution in [0.15, 0.2) is 52.9 Å². The van der Waals surface area contributed by atoms with Crippen LogP contribution in [-0.2, 0) is 10.2 Å². The standard InChI is InChI=1S/C19H16O4/c1-12-17(18(20)21)15-9-14(7-8-16(15)23-12)19(10-22-11-19)13-5-3-2-4-6-13/h2-9H,10-11H2,1H3,(H,20,21). The molecule has 0 amide bonds. The lowest BCUT2D eigenvalue weighted by atomic mass is 9.72. The third kappa shape index (κ3) is 1.99. The van der Waals surface area contributed by atoms with E-state index in [-0.39, 0.29) is 11.0 Å². The summed E-state index contributed by atoms with van der Waals surface area (Å²) in [5, 5.41) is 10.1. The lowest BCUT2D eigenvalue weighted by molar-refractivity contribution is -0.0379. The predicted molar refractivity (Wildman–Crippen MR) is 86.0 cm³/mol. The van der Waals surface area contributed by atoms with Gasteiger partial charge in [-0.15, -0.1) is 0 Å². The second kappa shape index (κ2) is 4.96. The molecule has 1 aliphatic heterocycles. The summed E-state index contributed by atoms with van der Waals surface area (Å²) in [5.74, 6) is -0.528. The Morgan fingerprint density at radius 2 is 1.83 bits per heavy atom. The van der Waals surface area contributed by atoms with Crippen molar-refractivity contribution in [3.63, 3.8) is 0 Å². The molecule has 4 rings (SSSR count). The second-order valence-corrected chi connectivity index (χ2v) is 5.99. The molecule has 1 N–H and O–H groups in total. The number of rotatable bonds is 3. The van der Waals surface area contributed by atoms with Crippen molar-refractivity contribution in [1.29, 1.82) is 0 Å². The molecule has 116 valence electrons. The number of aromatic carboxylic acids is 1. The monoisotopic (exact) mass is 308 g/mol. The average Bonchev–Trinajstić information content (AvgIpc) is 2.82. The van der Waals surface area contributed by atoms with E-state index in [0.717, 1.165) is 5.56 Å². The lowest BCUT2D eigenvalue weighted by Gasteiger charge is -2.42. The van der Waals surface area contributed by atoms with Crippen molar-refractivity contribution in [2.45, 2.75) is 12.3 Å². The van der Waals surface area contributed by atoms with Crippen LogP contribution >= 0.6 is 0 Å². The van der Waals surface area contributed by atoms with Gasteiger partial charge in [0.2, 0.25) is 0 Å². The molecule has 1 fully saturated rings. The van der Waals surface area contributed by atoms with E-state index in [1.807, 2.05) is 36.4 Å². The van der Waals surface area contributed by atoms with Gasteiger partial charge in [-0.1, -0.05) is 36.4 Å². The van der Waals surface area contributed by atoms with Crippen molar-refractivity contribution in [3.05, 3.63) is 71.0 Å². The molecule has 0 bridgehead atoms. The van der Waals surface area contributed by atoms with Crippen LogP contribution in [0, 0.1) is 6.92 Å². The smallest absolute Gasteiger partial charge is 0.339 e. The number of carboxylic acid groups (broad SMARTS) is 1. The van der Waals surface area contributed by atoms with Gasteiger partial charge in [-0.05, 0) is 30.2 Å². The molecule has 1 aromatic heterocycles. The summed E-state index contributed by atoms with van der Waals surface area (Å²) in [5.41, 5.74) is 2.88. The Balaban J connectivity index is 1.92. The number of hydrogen-bond acceptors (Lipinski definition) is 3. The van der Waals surface area contributed by atoms with Gasteiger partial charge >= 0.3 is 5.97 Å². The number of carboxylic acids is 1. The Morgan fingerprint density at radius 3 is 2.43 bits per heavy atom. The van der Waals surface area contributed by atoms with Gasteiger partial charge in [0.05, 0.1) is 18.6 Å². The summed E-state index contributed by atoms with van der Waals surface area (Å²) in [6.45, 7) is 2.88. The van der Waals surface area contributed by atoms with Crippen molar-refractivity contribution in [3.8, 4) is 0 Å². The topological polar surface area (TPSA) is 59.7 Å². The minimum Gasteiger partial charge on any atom is -0.478 e. The molecule has 23 heavy (non-hydrogen) atoms. The maximum atomic E-state index is 11.5. The molecule has 0 saturated carbocycles. The quantitative estimate of drug-likeness (QED) is 0.800. The van der Waals surface area contributed by atoms with Gasteiger partial charge in [0.25, 0.3) is 0 Å². The highest BCUT2D eigenvalue weighted by molar-refractivity contribution is 6.03. The Morgan fingerprint density at radius 1 is 1.09 bits per heavy atom. The summed E-state index contributed by atoms with van der Waals surface area (Å²) in [4.78, 5) is 11.5. The normalized spacial score (nSPS) is 16.2. The first kappa shape index (κ1) is 14.0. The van der Waals surface area contributed by atoms with Gasteiger partial charge in [-0.3, -0.25) is 0 Å². The summed E-state index contributed by atoms with van der Waals surface area (Å²) in [7, 11) is 0.